The Labute approximate surface area is 158 Å². The van der Waals surface area contributed by atoms with Gasteiger partial charge in [-0.1, -0.05) is 60.0 Å². The van der Waals surface area contributed by atoms with Gasteiger partial charge in [-0.05, 0) is 49.2 Å². The molecular formula is C20H22Cl2N2O. The van der Waals surface area contributed by atoms with E-state index in [1.807, 2.05) is 0 Å². The first kappa shape index (κ1) is 18.2. The van der Waals surface area contributed by atoms with Gasteiger partial charge in [0.2, 0.25) is 0 Å². The minimum absolute atomic E-state index is 0.218. The van der Waals surface area contributed by atoms with Crippen molar-refractivity contribution in [3.05, 3.63) is 69.2 Å². The van der Waals surface area contributed by atoms with Crippen molar-refractivity contribution >= 4 is 29.1 Å². The molecular weight excluding hydrogens is 355 g/mol. The highest BCUT2D eigenvalue weighted by molar-refractivity contribution is 6.43. The summed E-state index contributed by atoms with van der Waals surface area (Å²) in [6.07, 6.45) is 3.96. The van der Waals surface area contributed by atoms with E-state index in [1.165, 1.54) is 37.9 Å². The van der Waals surface area contributed by atoms with E-state index >= 15 is 0 Å². The summed E-state index contributed by atoms with van der Waals surface area (Å²) in [5.41, 5.74) is 2.78. The lowest BCUT2D eigenvalue weighted by Gasteiger charge is -2.26. The normalized spacial score (nSPS) is 15.1. The molecule has 1 amide bonds. The van der Waals surface area contributed by atoms with Gasteiger partial charge >= 0.3 is 0 Å². The predicted molar refractivity (Wildman–Crippen MR) is 103 cm³/mol. The number of likely N-dealkylation sites (tertiary alicyclic amines) is 1. The number of piperidine rings is 1. The van der Waals surface area contributed by atoms with Crippen molar-refractivity contribution in [1.29, 1.82) is 0 Å². The largest absolute Gasteiger partial charge is 0.348 e. The maximum atomic E-state index is 12.3. The Hall–Kier alpha value is -1.55. The molecule has 2 aromatic rings. The molecule has 0 unspecified atom stereocenters. The van der Waals surface area contributed by atoms with E-state index in [1.54, 1.807) is 18.2 Å². The van der Waals surface area contributed by atoms with Crippen molar-refractivity contribution < 1.29 is 4.79 Å². The van der Waals surface area contributed by atoms with Crippen LogP contribution >= 0.6 is 23.2 Å². The van der Waals surface area contributed by atoms with E-state index in [-0.39, 0.29) is 5.91 Å². The number of rotatable bonds is 5. The molecule has 3 rings (SSSR count). The molecule has 0 spiro atoms. The number of hydrogen-bond acceptors (Lipinski definition) is 2. The summed E-state index contributed by atoms with van der Waals surface area (Å²) in [4.78, 5) is 14.8. The molecule has 1 fully saturated rings. The highest BCUT2D eigenvalue weighted by atomic mass is 35.5. The Morgan fingerprint density at radius 1 is 0.960 bits per heavy atom. The molecule has 132 valence electrons. The maximum absolute atomic E-state index is 12.3. The molecule has 0 saturated carbocycles. The van der Waals surface area contributed by atoms with Crippen LogP contribution in [0.5, 0.6) is 0 Å². The summed E-state index contributed by atoms with van der Waals surface area (Å²) < 4.78 is 0. The van der Waals surface area contributed by atoms with Crippen LogP contribution in [0.15, 0.2) is 42.5 Å². The van der Waals surface area contributed by atoms with Crippen molar-refractivity contribution in [1.82, 2.24) is 10.2 Å². The van der Waals surface area contributed by atoms with Gasteiger partial charge in [0.1, 0.15) is 0 Å². The molecule has 3 nitrogen and oxygen atoms in total. The van der Waals surface area contributed by atoms with E-state index in [0.717, 1.165) is 12.1 Å². The third kappa shape index (κ3) is 4.97. The zero-order valence-corrected chi connectivity index (χ0v) is 15.6. The van der Waals surface area contributed by atoms with Crippen LogP contribution in [0, 0.1) is 0 Å². The van der Waals surface area contributed by atoms with Gasteiger partial charge in [0.15, 0.2) is 0 Å². The molecule has 0 bridgehead atoms. The maximum Gasteiger partial charge on any atom is 0.253 e. The van der Waals surface area contributed by atoms with Crippen molar-refractivity contribution in [3.8, 4) is 0 Å². The van der Waals surface area contributed by atoms with Crippen LogP contribution in [-0.4, -0.2) is 23.9 Å². The highest BCUT2D eigenvalue weighted by Gasteiger charge is 2.13. The minimum Gasteiger partial charge on any atom is -0.348 e. The fourth-order valence-corrected chi connectivity index (χ4v) is 3.48. The number of benzene rings is 2. The lowest BCUT2D eigenvalue weighted by Crippen LogP contribution is -2.29. The van der Waals surface area contributed by atoms with E-state index in [0.29, 0.717) is 22.2 Å². The third-order valence-electron chi connectivity index (χ3n) is 4.53. The van der Waals surface area contributed by atoms with Gasteiger partial charge in [-0.3, -0.25) is 9.69 Å². The quantitative estimate of drug-likeness (QED) is 0.803. The average molecular weight is 377 g/mol. The molecule has 0 aromatic heterocycles. The lowest BCUT2D eigenvalue weighted by molar-refractivity contribution is 0.0951. The van der Waals surface area contributed by atoms with Crippen LogP contribution in [0.1, 0.15) is 40.7 Å². The van der Waals surface area contributed by atoms with Gasteiger partial charge in [-0.15, -0.1) is 0 Å². The summed E-state index contributed by atoms with van der Waals surface area (Å²) >= 11 is 12.0. The number of carbonyl (C=O) groups is 1. The molecule has 0 atom stereocenters. The van der Waals surface area contributed by atoms with Crippen LogP contribution in [-0.2, 0) is 13.1 Å². The molecule has 1 saturated heterocycles. The Morgan fingerprint density at radius 3 is 2.36 bits per heavy atom. The van der Waals surface area contributed by atoms with Crippen molar-refractivity contribution in [2.24, 2.45) is 0 Å². The van der Waals surface area contributed by atoms with Crippen LogP contribution in [0.3, 0.4) is 0 Å². The Kier molecular flexibility index (Phi) is 6.35. The number of halogens is 2. The van der Waals surface area contributed by atoms with Crippen LogP contribution < -0.4 is 5.32 Å². The number of nitrogens with zero attached hydrogens (tertiary/aromatic N) is 1. The predicted octanol–water partition coefficient (Wildman–Crippen LogP) is 4.91. The average Bonchev–Trinajstić information content (AvgIpc) is 2.64. The number of hydrogen-bond donors (Lipinski definition) is 1. The molecule has 25 heavy (non-hydrogen) atoms. The second-order valence-electron chi connectivity index (χ2n) is 6.44. The first-order valence-corrected chi connectivity index (χ1v) is 9.41. The Bertz CT molecular complexity index is 725. The first-order valence-electron chi connectivity index (χ1n) is 8.66. The van der Waals surface area contributed by atoms with Crippen LogP contribution in [0.4, 0.5) is 0 Å². The van der Waals surface area contributed by atoms with Gasteiger partial charge in [0, 0.05) is 13.1 Å². The van der Waals surface area contributed by atoms with Gasteiger partial charge in [-0.2, -0.15) is 0 Å². The monoisotopic (exact) mass is 376 g/mol. The molecule has 0 radical (unpaired) electrons. The third-order valence-corrected chi connectivity index (χ3v) is 5.35. The van der Waals surface area contributed by atoms with Gasteiger partial charge < -0.3 is 5.32 Å². The number of nitrogens with one attached hydrogen (secondary N) is 1. The fourth-order valence-electron chi connectivity index (χ4n) is 3.09. The van der Waals surface area contributed by atoms with Crippen molar-refractivity contribution in [2.75, 3.05) is 13.1 Å². The zero-order valence-electron chi connectivity index (χ0n) is 14.1. The highest BCUT2D eigenvalue weighted by Crippen LogP contribution is 2.25. The van der Waals surface area contributed by atoms with E-state index in [4.69, 9.17) is 23.2 Å². The molecule has 2 aromatic carbocycles. The van der Waals surface area contributed by atoms with E-state index in [9.17, 15) is 4.79 Å². The molecule has 1 heterocycles. The van der Waals surface area contributed by atoms with Gasteiger partial charge in [-0.25, -0.2) is 0 Å². The summed E-state index contributed by atoms with van der Waals surface area (Å²) in [7, 11) is 0. The second kappa shape index (κ2) is 8.70. The lowest BCUT2D eigenvalue weighted by atomic mass is 10.1. The van der Waals surface area contributed by atoms with Gasteiger partial charge in [0.25, 0.3) is 5.91 Å². The SMILES string of the molecule is O=C(NCc1ccc(CN2CCCCC2)cc1)c1cccc(Cl)c1Cl. The molecule has 1 N–H and O–H groups in total. The Morgan fingerprint density at radius 2 is 1.64 bits per heavy atom. The van der Waals surface area contributed by atoms with Crippen molar-refractivity contribution in [3.63, 3.8) is 0 Å². The summed E-state index contributed by atoms with van der Waals surface area (Å²) in [5, 5.41) is 3.57. The minimum atomic E-state index is -0.218. The first-order chi connectivity index (χ1) is 12.1. The summed E-state index contributed by atoms with van der Waals surface area (Å²) in [6, 6.07) is 13.5. The number of carbonyl (C=O) groups excluding carboxylic acids is 1. The van der Waals surface area contributed by atoms with E-state index in [2.05, 4.69) is 34.5 Å². The second-order valence-corrected chi connectivity index (χ2v) is 7.22. The topological polar surface area (TPSA) is 32.3 Å². The van der Waals surface area contributed by atoms with Crippen LogP contribution in [0.2, 0.25) is 10.0 Å². The summed E-state index contributed by atoms with van der Waals surface area (Å²) in [6.45, 7) is 3.85. The van der Waals surface area contributed by atoms with Crippen molar-refractivity contribution in [2.45, 2.75) is 32.4 Å². The number of amides is 1. The van der Waals surface area contributed by atoms with Crippen LogP contribution in [0.25, 0.3) is 0 Å². The molecule has 1 aliphatic heterocycles. The fraction of sp³-hybridized carbons (Fsp3) is 0.350. The Balaban J connectivity index is 1.54. The van der Waals surface area contributed by atoms with E-state index < -0.39 is 0 Å². The summed E-state index contributed by atoms with van der Waals surface area (Å²) in [5.74, 6) is -0.218. The molecule has 1 aliphatic rings. The zero-order chi connectivity index (χ0) is 17.6. The molecule has 0 aliphatic carbocycles. The van der Waals surface area contributed by atoms with Gasteiger partial charge in [0.05, 0.1) is 15.6 Å². The molecule has 5 heteroatoms. The smallest absolute Gasteiger partial charge is 0.253 e. The standard InChI is InChI=1S/C20H22Cl2N2O/c21-18-6-4-5-17(19(18)22)20(25)23-13-15-7-9-16(10-8-15)14-24-11-2-1-3-12-24/h4-10H,1-3,11-14H2,(H,23,25).